The van der Waals surface area contributed by atoms with Crippen LogP contribution in [0.25, 0.3) is 11.1 Å². The van der Waals surface area contributed by atoms with Crippen LogP contribution in [0.15, 0.2) is 41.3 Å². The number of hydrogen-bond donors (Lipinski definition) is 1. The van der Waals surface area contributed by atoms with Crippen LogP contribution in [0.4, 0.5) is 5.69 Å². The Morgan fingerprint density at radius 2 is 2.07 bits per heavy atom. The number of hydrogen-bond acceptors (Lipinski definition) is 5. The third-order valence-electron chi connectivity index (χ3n) is 6.08. The average molecular weight is 377 g/mol. The highest BCUT2D eigenvalue weighted by atomic mass is 16.3. The van der Waals surface area contributed by atoms with Crippen LogP contribution in [-0.4, -0.2) is 29.1 Å². The largest absolute Gasteiger partial charge is 0.462 e. The summed E-state index contributed by atoms with van der Waals surface area (Å²) in [4.78, 5) is 11.8. The van der Waals surface area contributed by atoms with Gasteiger partial charge in [-0.15, -0.1) is 0 Å². The molecule has 1 saturated heterocycles. The maximum absolute atomic E-state index is 6.28. The molecular weight excluding hydrogens is 348 g/mol. The maximum Gasteiger partial charge on any atom is 0.152 e. The number of pyridine rings is 2. The molecule has 28 heavy (non-hydrogen) atoms. The van der Waals surface area contributed by atoms with E-state index in [1.807, 2.05) is 18.7 Å². The highest BCUT2D eigenvalue weighted by molar-refractivity contribution is 5.77. The van der Waals surface area contributed by atoms with Crippen LogP contribution in [0.1, 0.15) is 48.9 Å². The van der Waals surface area contributed by atoms with Gasteiger partial charge in [-0.3, -0.25) is 4.98 Å². The summed E-state index contributed by atoms with van der Waals surface area (Å²) in [7, 11) is 0. The van der Waals surface area contributed by atoms with E-state index in [-0.39, 0.29) is 6.04 Å². The molecule has 146 valence electrons. The van der Waals surface area contributed by atoms with Crippen LogP contribution >= 0.6 is 0 Å². The maximum atomic E-state index is 6.28. The predicted molar refractivity (Wildman–Crippen MR) is 112 cm³/mol. The fourth-order valence-corrected chi connectivity index (χ4v) is 4.57. The number of anilines is 1. The van der Waals surface area contributed by atoms with Crippen molar-refractivity contribution >= 4 is 16.8 Å². The van der Waals surface area contributed by atoms with E-state index in [1.54, 1.807) is 0 Å². The quantitative estimate of drug-likeness (QED) is 0.727. The number of aromatic nitrogens is 2. The van der Waals surface area contributed by atoms with Crippen molar-refractivity contribution in [2.24, 2.45) is 11.7 Å². The highest BCUT2D eigenvalue weighted by Crippen LogP contribution is 2.43. The molecule has 0 radical (unpaired) electrons. The molecule has 4 heterocycles. The normalized spacial score (nSPS) is 22.7. The first-order valence-corrected chi connectivity index (χ1v) is 10.5. The Labute approximate surface area is 166 Å². The van der Waals surface area contributed by atoms with E-state index in [0.29, 0.717) is 11.8 Å². The van der Waals surface area contributed by atoms with Gasteiger partial charge in [-0.2, -0.15) is 0 Å². The van der Waals surface area contributed by atoms with Crippen LogP contribution in [0.2, 0.25) is 0 Å². The zero-order chi connectivity index (χ0) is 19.1. The Morgan fingerprint density at radius 3 is 2.89 bits per heavy atom. The second-order valence-electron chi connectivity index (χ2n) is 8.62. The molecule has 5 heteroatoms. The Kier molecular flexibility index (Phi) is 4.55. The molecule has 1 aliphatic heterocycles. The third-order valence-corrected chi connectivity index (χ3v) is 6.08. The first-order valence-electron chi connectivity index (χ1n) is 10.5. The van der Waals surface area contributed by atoms with Crippen molar-refractivity contribution in [3.63, 3.8) is 0 Å². The minimum Gasteiger partial charge on any atom is -0.462 e. The van der Waals surface area contributed by atoms with E-state index in [9.17, 15) is 0 Å². The number of furan rings is 1. The van der Waals surface area contributed by atoms with Gasteiger partial charge in [0.2, 0.25) is 0 Å². The molecule has 1 saturated carbocycles. The lowest BCUT2D eigenvalue weighted by atomic mass is 9.95. The number of fused-ring (bicyclic) bond motifs is 1. The Morgan fingerprint density at radius 1 is 1.18 bits per heavy atom. The zero-order valence-electron chi connectivity index (χ0n) is 16.5. The van der Waals surface area contributed by atoms with Crippen molar-refractivity contribution in [3.8, 4) is 0 Å². The fraction of sp³-hybridized carbons (Fsp3) is 0.478. The molecule has 2 aliphatic rings. The molecular formula is C23H28N4O. The Hall–Kier alpha value is -2.40. The van der Waals surface area contributed by atoms with Gasteiger partial charge in [0.05, 0.1) is 6.26 Å². The number of rotatable bonds is 5. The molecule has 5 rings (SSSR count). The van der Waals surface area contributed by atoms with Crippen molar-refractivity contribution in [3.05, 3.63) is 53.7 Å². The molecule has 1 aliphatic carbocycles. The minimum atomic E-state index is 0.246. The van der Waals surface area contributed by atoms with Crippen LogP contribution in [0.3, 0.4) is 0 Å². The number of nitrogens with zero attached hydrogens (tertiary/aromatic N) is 3. The van der Waals surface area contributed by atoms with Crippen molar-refractivity contribution in [1.29, 1.82) is 0 Å². The van der Waals surface area contributed by atoms with Gasteiger partial charge >= 0.3 is 0 Å². The van der Waals surface area contributed by atoms with Gasteiger partial charge < -0.3 is 15.1 Å². The lowest BCUT2D eigenvalue weighted by molar-refractivity contribution is 0.401. The molecule has 2 fully saturated rings. The molecule has 0 unspecified atom stereocenters. The van der Waals surface area contributed by atoms with Gasteiger partial charge in [0.15, 0.2) is 5.58 Å². The first kappa shape index (κ1) is 17.7. The summed E-state index contributed by atoms with van der Waals surface area (Å²) in [5.41, 5.74) is 13.2. The monoisotopic (exact) mass is 376 g/mol. The second kappa shape index (κ2) is 7.21. The molecule has 3 aromatic heterocycles. The summed E-state index contributed by atoms with van der Waals surface area (Å²) >= 11 is 0. The molecule has 0 bridgehead atoms. The van der Waals surface area contributed by atoms with Gasteiger partial charge in [-0.1, -0.05) is 6.92 Å². The predicted octanol–water partition coefficient (Wildman–Crippen LogP) is 4.06. The van der Waals surface area contributed by atoms with Crippen molar-refractivity contribution in [2.45, 2.75) is 51.0 Å². The topological polar surface area (TPSA) is 68.2 Å². The highest BCUT2D eigenvalue weighted by Gasteiger charge is 2.28. The third kappa shape index (κ3) is 3.51. The fourth-order valence-electron chi connectivity index (χ4n) is 4.57. The molecule has 0 amide bonds. The minimum absolute atomic E-state index is 0.246. The van der Waals surface area contributed by atoms with Gasteiger partial charge in [0, 0.05) is 48.5 Å². The molecule has 2 N–H and O–H groups in total. The zero-order valence-corrected chi connectivity index (χ0v) is 16.5. The summed E-state index contributed by atoms with van der Waals surface area (Å²) in [6.07, 6.45) is 11.3. The van der Waals surface area contributed by atoms with Crippen LogP contribution < -0.4 is 10.6 Å². The van der Waals surface area contributed by atoms with Crippen molar-refractivity contribution in [1.82, 2.24) is 9.97 Å². The smallest absolute Gasteiger partial charge is 0.152 e. The van der Waals surface area contributed by atoms with E-state index in [1.165, 1.54) is 29.7 Å². The SMILES string of the molecule is C[C@@H]1C[C@H](N)CN(c2ccncc2CCc2ccc3occ(C4CC4)c3n2)C1. The average Bonchev–Trinajstić information content (AvgIpc) is 3.45. The van der Waals surface area contributed by atoms with E-state index in [2.05, 4.69) is 35.0 Å². The summed E-state index contributed by atoms with van der Waals surface area (Å²) < 4.78 is 5.70. The summed E-state index contributed by atoms with van der Waals surface area (Å²) in [6, 6.07) is 6.55. The van der Waals surface area contributed by atoms with E-state index in [0.717, 1.165) is 49.1 Å². The molecule has 2 atom stereocenters. The van der Waals surface area contributed by atoms with Crippen LogP contribution in [0.5, 0.6) is 0 Å². The molecule has 5 nitrogen and oxygen atoms in total. The lowest BCUT2D eigenvalue weighted by Gasteiger charge is -2.37. The van der Waals surface area contributed by atoms with Crippen LogP contribution in [0, 0.1) is 5.92 Å². The molecule has 0 aromatic carbocycles. The first-order chi connectivity index (χ1) is 13.7. The van der Waals surface area contributed by atoms with Crippen LogP contribution in [-0.2, 0) is 12.8 Å². The van der Waals surface area contributed by atoms with Crippen molar-refractivity contribution < 1.29 is 4.42 Å². The molecule has 3 aromatic rings. The Balaban J connectivity index is 1.36. The second-order valence-corrected chi connectivity index (χ2v) is 8.62. The van der Waals surface area contributed by atoms with E-state index in [4.69, 9.17) is 15.1 Å². The van der Waals surface area contributed by atoms with Gasteiger partial charge in [0.1, 0.15) is 5.52 Å². The van der Waals surface area contributed by atoms with Gasteiger partial charge in [-0.05, 0) is 67.7 Å². The lowest BCUT2D eigenvalue weighted by Crippen LogP contribution is -2.46. The standard InChI is InChI=1S/C23H28N4O/c1-15-10-18(24)13-27(12-15)21-8-9-25-11-17(21)4-5-19-6-7-22-23(26-19)20(14-28-22)16-2-3-16/h6-9,11,14-16,18H,2-5,10,12-13,24H2,1H3/t15-,18+/m1/s1. The van der Waals surface area contributed by atoms with Gasteiger partial charge in [0.25, 0.3) is 0 Å². The number of piperidine rings is 1. The molecule has 0 spiro atoms. The summed E-state index contributed by atoms with van der Waals surface area (Å²) in [6.45, 7) is 4.27. The van der Waals surface area contributed by atoms with Gasteiger partial charge in [-0.25, -0.2) is 4.98 Å². The van der Waals surface area contributed by atoms with Crippen molar-refractivity contribution in [2.75, 3.05) is 18.0 Å². The summed E-state index contributed by atoms with van der Waals surface area (Å²) in [5.74, 6) is 1.27. The Bertz CT molecular complexity index is 968. The van der Waals surface area contributed by atoms with E-state index < -0.39 is 0 Å². The van der Waals surface area contributed by atoms with E-state index >= 15 is 0 Å². The summed E-state index contributed by atoms with van der Waals surface area (Å²) in [5, 5.41) is 0. The number of nitrogens with two attached hydrogens (primary N) is 1. The number of aryl methyl sites for hydroxylation is 2.